The van der Waals surface area contributed by atoms with Crippen LogP contribution in [0.5, 0.6) is 0 Å². The Morgan fingerprint density at radius 2 is 1.84 bits per heavy atom. The van der Waals surface area contributed by atoms with Crippen molar-refractivity contribution in [2.45, 2.75) is 0 Å². The zero-order chi connectivity index (χ0) is 13.7. The predicted octanol–water partition coefficient (Wildman–Crippen LogP) is 2.42. The first-order valence-electron chi connectivity index (χ1n) is 6.06. The molecule has 0 aliphatic carbocycles. The van der Waals surface area contributed by atoms with Gasteiger partial charge in [-0.3, -0.25) is 0 Å². The Labute approximate surface area is 116 Å². The highest BCUT2D eigenvalue weighted by Gasteiger charge is 1.99. The van der Waals surface area contributed by atoms with E-state index in [2.05, 4.69) is 55.1 Å². The maximum absolute atomic E-state index is 8.74. The van der Waals surface area contributed by atoms with Gasteiger partial charge in [-0.2, -0.15) is 5.26 Å². The molecule has 1 aromatic carbocycles. The summed E-state index contributed by atoms with van der Waals surface area (Å²) in [4.78, 5) is 2.15. The maximum atomic E-state index is 8.74. The zero-order valence-corrected chi connectivity index (χ0v) is 12.1. The molecule has 0 spiro atoms. The molecule has 1 aliphatic heterocycles. The normalized spacial score (nSPS) is 13.9. The van der Waals surface area contributed by atoms with Crippen molar-refractivity contribution < 1.29 is 0 Å². The molecule has 0 aromatic heterocycles. The van der Waals surface area contributed by atoms with Crippen molar-refractivity contribution in [2.24, 2.45) is 0 Å². The lowest BCUT2D eigenvalue weighted by Gasteiger charge is -2.15. The van der Waals surface area contributed by atoms with Crippen LogP contribution in [0.1, 0.15) is 11.1 Å². The summed E-state index contributed by atoms with van der Waals surface area (Å²) in [6.45, 7) is 0. The van der Waals surface area contributed by atoms with Gasteiger partial charge in [-0.25, -0.2) is 0 Å². The third-order valence-corrected chi connectivity index (χ3v) is 4.20. The first kappa shape index (κ1) is 13.3. The fraction of sp³-hybridized carbons (Fsp3) is 0.125. The third kappa shape index (κ3) is 3.64. The van der Waals surface area contributed by atoms with Crippen LogP contribution in [-0.2, 0) is 0 Å². The minimum absolute atomic E-state index is 0.695. The molecule has 1 aromatic rings. The second-order valence-corrected chi connectivity index (χ2v) is 5.56. The first-order chi connectivity index (χ1) is 9.19. The van der Waals surface area contributed by atoms with Crippen molar-refractivity contribution in [1.82, 2.24) is 4.90 Å². The molecule has 0 fully saturated rings. The Kier molecular flexibility index (Phi) is 4.27. The molecular weight excluding hydrogens is 248 g/mol. The lowest BCUT2D eigenvalue weighted by atomic mass is 10.1. The fourth-order valence-electron chi connectivity index (χ4n) is 1.67. The average molecular weight is 263 g/mol. The molecule has 0 saturated carbocycles. The van der Waals surface area contributed by atoms with Crippen LogP contribution in [0.25, 0.3) is 6.08 Å². The Balaban J connectivity index is 2.08. The summed E-state index contributed by atoms with van der Waals surface area (Å²) >= 11 is 0. The summed E-state index contributed by atoms with van der Waals surface area (Å²) in [5.41, 5.74) is 5.28. The van der Waals surface area contributed by atoms with Gasteiger partial charge in [0.15, 0.2) is 0 Å². The largest absolute Gasteiger partial charge is 0.382 e. The van der Waals surface area contributed by atoms with Crippen LogP contribution in [-0.4, -0.2) is 33.4 Å². The SMILES string of the molecule is CN(C)C1=[Si]C=C(/C=C/c2ccc(C#N)cc2)C=C1. The molecule has 0 amide bonds. The van der Waals surface area contributed by atoms with Crippen molar-refractivity contribution in [3.8, 4) is 6.07 Å². The van der Waals surface area contributed by atoms with Gasteiger partial charge in [0.05, 0.1) is 20.8 Å². The zero-order valence-electron chi connectivity index (χ0n) is 11.1. The van der Waals surface area contributed by atoms with Gasteiger partial charge in [0.25, 0.3) is 0 Å². The molecule has 0 bridgehead atoms. The number of nitrogens with zero attached hydrogens (tertiary/aromatic N) is 2. The smallest absolute Gasteiger partial charge is 0.0991 e. The van der Waals surface area contributed by atoms with Gasteiger partial charge >= 0.3 is 0 Å². The van der Waals surface area contributed by atoms with Gasteiger partial charge in [-0.05, 0) is 29.3 Å². The number of allylic oxidation sites excluding steroid dienone is 3. The number of hydrogen-bond acceptors (Lipinski definition) is 2. The van der Waals surface area contributed by atoms with E-state index < -0.39 is 0 Å². The molecule has 0 saturated heterocycles. The van der Waals surface area contributed by atoms with Crippen molar-refractivity contribution in [3.63, 3.8) is 0 Å². The van der Waals surface area contributed by atoms with E-state index in [4.69, 9.17) is 5.26 Å². The van der Waals surface area contributed by atoms with Crippen LogP contribution in [0.4, 0.5) is 0 Å². The number of hydrogen-bond donors (Lipinski definition) is 0. The molecule has 1 radical (unpaired) electrons. The van der Waals surface area contributed by atoms with E-state index in [1.165, 1.54) is 10.9 Å². The summed E-state index contributed by atoms with van der Waals surface area (Å²) in [5.74, 6) is 0. The van der Waals surface area contributed by atoms with Gasteiger partial charge in [-0.1, -0.05) is 36.1 Å². The Morgan fingerprint density at radius 3 is 2.37 bits per heavy atom. The van der Waals surface area contributed by atoms with Crippen molar-refractivity contribution in [2.75, 3.05) is 14.1 Å². The van der Waals surface area contributed by atoms with Crippen LogP contribution in [0.2, 0.25) is 0 Å². The number of rotatable bonds is 3. The van der Waals surface area contributed by atoms with Crippen LogP contribution in [0, 0.1) is 11.3 Å². The standard InChI is InChI=1S/C16H15N2Si/c1-18(2)16-10-9-15(12-19-16)8-5-13-3-6-14(11-17)7-4-13/h3-10,12H,1-2H3/b8-5+. The first-order valence-corrected chi connectivity index (χ1v) is 7.14. The quantitative estimate of drug-likeness (QED) is 0.783. The van der Waals surface area contributed by atoms with Crippen LogP contribution >= 0.6 is 0 Å². The lowest BCUT2D eigenvalue weighted by molar-refractivity contribution is 0.637. The predicted molar refractivity (Wildman–Crippen MR) is 81.9 cm³/mol. The Morgan fingerprint density at radius 1 is 1.11 bits per heavy atom. The monoisotopic (exact) mass is 263 g/mol. The average Bonchev–Trinajstić information content (AvgIpc) is 2.46. The lowest BCUT2D eigenvalue weighted by Crippen LogP contribution is -2.23. The summed E-state index contributed by atoms with van der Waals surface area (Å²) in [7, 11) is 4.85. The highest BCUT2D eigenvalue weighted by Crippen LogP contribution is 2.09. The van der Waals surface area contributed by atoms with Gasteiger partial charge in [0.1, 0.15) is 0 Å². The minimum atomic E-state index is 0.695. The molecule has 0 N–H and O–H groups in total. The van der Waals surface area contributed by atoms with Gasteiger partial charge < -0.3 is 4.90 Å². The molecule has 93 valence electrons. The van der Waals surface area contributed by atoms with Crippen molar-refractivity contribution in [1.29, 1.82) is 5.26 Å². The van der Waals surface area contributed by atoms with Crippen LogP contribution < -0.4 is 0 Å². The molecule has 1 heterocycles. The summed E-state index contributed by atoms with van der Waals surface area (Å²) < 4.78 is 0. The summed E-state index contributed by atoms with van der Waals surface area (Å²) in [6, 6.07) is 9.72. The van der Waals surface area contributed by atoms with Crippen molar-refractivity contribution in [3.05, 3.63) is 64.9 Å². The molecule has 2 rings (SSSR count). The van der Waals surface area contributed by atoms with E-state index in [9.17, 15) is 0 Å². The molecule has 3 heteroatoms. The van der Waals surface area contributed by atoms with E-state index in [-0.39, 0.29) is 0 Å². The summed E-state index contributed by atoms with van der Waals surface area (Å²) in [5, 5.41) is 10.1. The molecule has 1 aliphatic rings. The number of benzene rings is 1. The Hall–Kier alpha value is -2.18. The maximum Gasteiger partial charge on any atom is 0.0991 e. The molecule has 0 unspecified atom stereocenters. The van der Waals surface area contributed by atoms with Gasteiger partial charge in [-0.15, -0.1) is 0 Å². The summed E-state index contributed by atoms with van der Waals surface area (Å²) in [6.07, 6.45) is 8.47. The van der Waals surface area contributed by atoms with Crippen molar-refractivity contribution >= 4 is 20.5 Å². The van der Waals surface area contributed by atoms with Gasteiger partial charge in [0, 0.05) is 19.4 Å². The van der Waals surface area contributed by atoms with E-state index in [1.807, 2.05) is 24.3 Å². The third-order valence-electron chi connectivity index (χ3n) is 2.81. The second kappa shape index (κ2) is 6.12. The van der Waals surface area contributed by atoms with Crippen LogP contribution in [0.3, 0.4) is 0 Å². The topological polar surface area (TPSA) is 27.0 Å². The number of likely N-dealkylation sites (N-methyl/N-ethyl adjacent to an activating group) is 1. The van der Waals surface area contributed by atoms with E-state index >= 15 is 0 Å². The van der Waals surface area contributed by atoms with E-state index in [0.717, 1.165) is 14.7 Å². The highest BCUT2D eigenvalue weighted by atomic mass is 28.2. The molecular formula is C16H15N2Si. The van der Waals surface area contributed by atoms with Gasteiger partial charge in [0.2, 0.25) is 0 Å². The van der Waals surface area contributed by atoms with E-state index in [0.29, 0.717) is 5.56 Å². The molecule has 0 atom stereocenters. The number of nitriles is 1. The molecule has 2 nitrogen and oxygen atoms in total. The Bertz CT molecular complexity index is 611. The highest BCUT2D eigenvalue weighted by molar-refractivity contribution is 6.61. The van der Waals surface area contributed by atoms with E-state index in [1.54, 1.807) is 0 Å². The molecule has 19 heavy (non-hydrogen) atoms. The minimum Gasteiger partial charge on any atom is -0.382 e. The van der Waals surface area contributed by atoms with Crippen LogP contribution in [0.15, 0.2) is 53.8 Å². The fourth-order valence-corrected chi connectivity index (χ4v) is 2.62. The second-order valence-electron chi connectivity index (χ2n) is 4.47.